The lowest BCUT2D eigenvalue weighted by Gasteiger charge is -2.47. The molecule has 3 heteroatoms. The van der Waals surface area contributed by atoms with Crippen LogP contribution in [0.2, 0.25) is 0 Å². The standard InChI is InChI=1S/C25H23FN2/c26-23-13-7-10-20(16-23)21-17-24(19-8-3-1-4-9-19)28-15-14-27-25(28,18-21)22-11-5-2-6-12-22/h1-13,16-17,21,27H,14-15,18H2/t21-,25-/m0/s1. The fourth-order valence-electron chi connectivity index (χ4n) is 4.73. The van der Waals surface area contributed by atoms with Gasteiger partial charge < -0.3 is 4.90 Å². The Morgan fingerprint density at radius 2 is 1.64 bits per heavy atom. The van der Waals surface area contributed by atoms with E-state index in [0.29, 0.717) is 0 Å². The van der Waals surface area contributed by atoms with Gasteiger partial charge in [-0.25, -0.2) is 4.39 Å². The molecule has 0 unspecified atom stereocenters. The van der Waals surface area contributed by atoms with Gasteiger partial charge in [-0.05, 0) is 35.2 Å². The Morgan fingerprint density at radius 3 is 2.39 bits per heavy atom. The van der Waals surface area contributed by atoms with E-state index in [0.717, 1.165) is 25.1 Å². The minimum Gasteiger partial charge on any atom is -0.348 e. The second-order valence-electron chi connectivity index (χ2n) is 7.59. The zero-order chi connectivity index (χ0) is 19.0. The Morgan fingerprint density at radius 1 is 0.893 bits per heavy atom. The zero-order valence-corrected chi connectivity index (χ0v) is 15.7. The zero-order valence-electron chi connectivity index (χ0n) is 15.7. The van der Waals surface area contributed by atoms with Gasteiger partial charge in [0, 0.05) is 24.7 Å². The maximum Gasteiger partial charge on any atom is 0.123 e. The van der Waals surface area contributed by atoms with Crippen molar-refractivity contribution in [1.82, 2.24) is 10.2 Å². The summed E-state index contributed by atoms with van der Waals surface area (Å²) in [5.74, 6) is -0.0457. The van der Waals surface area contributed by atoms with E-state index in [1.807, 2.05) is 18.2 Å². The van der Waals surface area contributed by atoms with E-state index in [2.05, 4.69) is 70.9 Å². The first kappa shape index (κ1) is 17.2. The van der Waals surface area contributed by atoms with Crippen molar-refractivity contribution < 1.29 is 4.39 Å². The normalized spacial score (nSPS) is 24.0. The number of nitrogens with one attached hydrogen (secondary N) is 1. The Kier molecular flexibility index (Phi) is 4.25. The average molecular weight is 370 g/mol. The third-order valence-corrected chi connectivity index (χ3v) is 5.98. The molecule has 0 amide bonds. The summed E-state index contributed by atoms with van der Waals surface area (Å²) < 4.78 is 14.0. The number of rotatable bonds is 3. The highest BCUT2D eigenvalue weighted by molar-refractivity contribution is 5.68. The van der Waals surface area contributed by atoms with Crippen LogP contribution < -0.4 is 5.32 Å². The van der Waals surface area contributed by atoms with E-state index in [4.69, 9.17) is 0 Å². The fraction of sp³-hybridized carbons (Fsp3) is 0.200. The van der Waals surface area contributed by atoms with E-state index in [1.165, 1.54) is 22.9 Å². The maximum absolute atomic E-state index is 14.0. The molecule has 3 aromatic rings. The molecule has 0 saturated carbocycles. The molecule has 0 aliphatic carbocycles. The number of nitrogens with zero attached hydrogens (tertiary/aromatic N) is 1. The molecule has 0 radical (unpaired) electrons. The first-order valence-corrected chi connectivity index (χ1v) is 9.87. The van der Waals surface area contributed by atoms with Gasteiger partial charge in [0.2, 0.25) is 0 Å². The highest BCUT2D eigenvalue weighted by Crippen LogP contribution is 2.48. The number of hydrogen-bond donors (Lipinski definition) is 1. The van der Waals surface area contributed by atoms with Gasteiger partial charge in [-0.1, -0.05) is 78.9 Å². The highest BCUT2D eigenvalue weighted by atomic mass is 19.1. The molecule has 1 saturated heterocycles. The van der Waals surface area contributed by atoms with Crippen molar-refractivity contribution in [3.05, 3.63) is 114 Å². The lowest BCUT2D eigenvalue weighted by molar-refractivity contribution is 0.156. The molecule has 1 N–H and O–H groups in total. The molecule has 2 atom stereocenters. The van der Waals surface area contributed by atoms with Gasteiger partial charge in [-0.15, -0.1) is 0 Å². The number of halogens is 1. The van der Waals surface area contributed by atoms with Crippen molar-refractivity contribution in [2.24, 2.45) is 0 Å². The summed E-state index contributed by atoms with van der Waals surface area (Å²) in [6.07, 6.45) is 3.19. The molecule has 1 fully saturated rings. The maximum atomic E-state index is 14.0. The molecule has 2 nitrogen and oxygen atoms in total. The van der Waals surface area contributed by atoms with Crippen LogP contribution in [0.15, 0.2) is 91.0 Å². The predicted octanol–water partition coefficient (Wildman–Crippen LogP) is 5.11. The van der Waals surface area contributed by atoms with E-state index >= 15 is 0 Å². The van der Waals surface area contributed by atoms with Crippen molar-refractivity contribution in [2.45, 2.75) is 18.0 Å². The molecule has 2 aliphatic heterocycles. The van der Waals surface area contributed by atoms with Gasteiger partial charge in [0.15, 0.2) is 0 Å². The smallest absolute Gasteiger partial charge is 0.123 e. The van der Waals surface area contributed by atoms with Crippen LogP contribution in [0.4, 0.5) is 4.39 Å². The first-order valence-electron chi connectivity index (χ1n) is 9.87. The van der Waals surface area contributed by atoms with Crippen molar-refractivity contribution in [1.29, 1.82) is 0 Å². The van der Waals surface area contributed by atoms with Crippen LogP contribution in [0.5, 0.6) is 0 Å². The second kappa shape index (κ2) is 6.92. The summed E-state index contributed by atoms with van der Waals surface area (Å²) in [7, 11) is 0. The summed E-state index contributed by atoms with van der Waals surface area (Å²) in [5, 5.41) is 3.79. The molecular formula is C25H23FN2. The molecule has 5 rings (SSSR count). The summed E-state index contributed by atoms with van der Waals surface area (Å²) in [6.45, 7) is 1.88. The lowest BCUT2D eigenvalue weighted by Crippen LogP contribution is -2.50. The number of allylic oxidation sites excluding steroid dienone is 1. The summed E-state index contributed by atoms with van der Waals surface area (Å²) >= 11 is 0. The average Bonchev–Trinajstić information content (AvgIpc) is 3.20. The molecule has 2 heterocycles. The largest absolute Gasteiger partial charge is 0.348 e. The van der Waals surface area contributed by atoms with Gasteiger partial charge in [0.1, 0.15) is 11.5 Å². The van der Waals surface area contributed by atoms with E-state index in [1.54, 1.807) is 6.07 Å². The van der Waals surface area contributed by atoms with Crippen molar-refractivity contribution in [3.8, 4) is 0 Å². The third kappa shape index (κ3) is 2.83. The second-order valence-corrected chi connectivity index (χ2v) is 7.59. The minimum absolute atomic E-state index is 0.132. The molecule has 2 aliphatic rings. The van der Waals surface area contributed by atoms with E-state index in [9.17, 15) is 4.39 Å². The van der Waals surface area contributed by atoms with Crippen molar-refractivity contribution in [3.63, 3.8) is 0 Å². The Hall–Kier alpha value is -2.91. The van der Waals surface area contributed by atoms with Crippen molar-refractivity contribution in [2.75, 3.05) is 13.1 Å². The molecule has 0 spiro atoms. The van der Waals surface area contributed by atoms with E-state index in [-0.39, 0.29) is 17.4 Å². The van der Waals surface area contributed by atoms with Crippen LogP contribution in [0, 0.1) is 5.82 Å². The number of hydrogen-bond acceptors (Lipinski definition) is 2. The molecule has 140 valence electrons. The Labute approximate surface area is 165 Å². The molecule has 28 heavy (non-hydrogen) atoms. The summed E-state index contributed by atoms with van der Waals surface area (Å²) in [5.41, 5.74) is 4.42. The monoisotopic (exact) mass is 370 g/mol. The van der Waals surface area contributed by atoms with Crippen LogP contribution in [-0.2, 0) is 5.66 Å². The van der Waals surface area contributed by atoms with Gasteiger partial charge in [0.05, 0.1) is 0 Å². The van der Waals surface area contributed by atoms with Gasteiger partial charge in [0.25, 0.3) is 0 Å². The van der Waals surface area contributed by atoms with Gasteiger partial charge in [-0.2, -0.15) is 0 Å². The Bertz CT molecular complexity index is 999. The Balaban J connectivity index is 1.68. The predicted molar refractivity (Wildman–Crippen MR) is 111 cm³/mol. The van der Waals surface area contributed by atoms with Gasteiger partial charge in [-0.3, -0.25) is 5.32 Å². The number of benzene rings is 3. The minimum atomic E-state index is -0.280. The lowest BCUT2D eigenvalue weighted by atomic mass is 9.79. The number of fused-ring (bicyclic) bond motifs is 1. The van der Waals surface area contributed by atoms with Crippen LogP contribution in [-0.4, -0.2) is 18.0 Å². The molecule has 3 aromatic carbocycles. The molecule has 0 bridgehead atoms. The van der Waals surface area contributed by atoms with Crippen molar-refractivity contribution >= 4 is 5.70 Å². The molecule has 0 aromatic heterocycles. The van der Waals surface area contributed by atoms with Crippen LogP contribution >= 0.6 is 0 Å². The van der Waals surface area contributed by atoms with E-state index < -0.39 is 0 Å². The van der Waals surface area contributed by atoms with Crippen LogP contribution in [0.3, 0.4) is 0 Å². The third-order valence-electron chi connectivity index (χ3n) is 5.98. The summed E-state index contributed by atoms with van der Waals surface area (Å²) in [6, 6.07) is 28.2. The quantitative estimate of drug-likeness (QED) is 0.689. The fourth-order valence-corrected chi connectivity index (χ4v) is 4.73. The first-order chi connectivity index (χ1) is 13.8. The SMILES string of the molecule is Fc1cccc([C@H]2C=C(c3ccccc3)N3CCN[C@@]3(c3ccccc3)C2)c1. The molecular weight excluding hydrogens is 347 g/mol. The van der Waals surface area contributed by atoms with Crippen LogP contribution in [0.25, 0.3) is 5.70 Å². The summed E-state index contributed by atoms with van der Waals surface area (Å²) in [4.78, 5) is 2.49. The van der Waals surface area contributed by atoms with Crippen LogP contribution in [0.1, 0.15) is 29.0 Å². The van der Waals surface area contributed by atoms with Gasteiger partial charge >= 0.3 is 0 Å². The highest BCUT2D eigenvalue weighted by Gasteiger charge is 2.47. The topological polar surface area (TPSA) is 15.3 Å².